The molecule has 1 fully saturated rings. The highest BCUT2D eigenvalue weighted by Gasteiger charge is 2.28. The molecule has 1 aromatic heterocycles. The fourth-order valence-corrected chi connectivity index (χ4v) is 3.33. The number of hydrogen-bond donors (Lipinski definition) is 0. The molecule has 23 heavy (non-hydrogen) atoms. The monoisotopic (exact) mass is 317 g/mol. The van der Waals surface area contributed by atoms with E-state index in [1.165, 1.54) is 0 Å². The second-order valence-electron chi connectivity index (χ2n) is 5.79. The molecule has 124 valence electrons. The van der Waals surface area contributed by atoms with Crippen LogP contribution in [-0.4, -0.2) is 43.1 Å². The maximum atomic E-state index is 12.4. The number of fused-ring (bicyclic) bond motifs is 1. The van der Waals surface area contributed by atoms with Gasteiger partial charge in [-0.3, -0.25) is 0 Å². The quantitative estimate of drug-likeness (QED) is 0.813. The van der Waals surface area contributed by atoms with Crippen LogP contribution in [0.4, 0.5) is 0 Å². The summed E-state index contributed by atoms with van der Waals surface area (Å²) in [7, 11) is 0. The lowest BCUT2D eigenvalue weighted by atomic mass is 10.1. The van der Waals surface area contributed by atoms with Gasteiger partial charge in [-0.15, -0.1) is 0 Å². The Morgan fingerprint density at radius 2 is 2.17 bits per heavy atom. The first-order chi connectivity index (χ1) is 11.1. The van der Waals surface area contributed by atoms with Gasteiger partial charge in [0.2, 0.25) is 0 Å². The van der Waals surface area contributed by atoms with E-state index in [0.717, 1.165) is 16.6 Å². The minimum atomic E-state index is -0.270. The number of hydrogen-bond acceptors (Lipinski definition) is 4. The van der Waals surface area contributed by atoms with Gasteiger partial charge in [0, 0.05) is 16.6 Å². The Balaban J connectivity index is 2.09. The predicted molar refractivity (Wildman–Crippen MR) is 87.9 cm³/mol. The molecule has 2 atom stereocenters. The molecule has 0 aliphatic carbocycles. The largest absolute Gasteiger partial charge is 0.462 e. The van der Waals surface area contributed by atoms with Crippen molar-refractivity contribution >= 4 is 16.9 Å². The Labute approximate surface area is 136 Å². The standard InChI is InChI=1S/C18H23NO4/c1-4-22-18(20)17-13(3)19(15-8-6-5-7-14(15)17)12(2)16-11-21-9-10-23-16/h5-8,12,16H,4,9-11H2,1-3H3. The van der Waals surface area contributed by atoms with E-state index in [1.807, 2.05) is 38.1 Å². The van der Waals surface area contributed by atoms with Crippen LogP contribution in [0, 0.1) is 6.92 Å². The van der Waals surface area contributed by atoms with Gasteiger partial charge >= 0.3 is 5.97 Å². The van der Waals surface area contributed by atoms with Crippen molar-refractivity contribution in [3.8, 4) is 0 Å². The SMILES string of the molecule is CCOC(=O)c1c(C)n(C(C)C2COCCO2)c2ccccc12. The number of rotatable bonds is 4. The summed E-state index contributed by atoms with van der Waals surface area (Å²) in [5.74, 6) is -0.270. The molecular formula is C18H23NO4. The van der Waals surface area contributed by atoms with Gasteiger partial charge in [0.05, 0.1) is 38.0 Å². The lowest BCUT2D eigenvalue weighted by Crippen LogP contribution is -2.35. The molecule has 2 unspecified atom stereocenters. The molecule has 0 N–H and O–H groups in total. The van der Waals surface area contributed by atoms with Gasteiger partial charge in [0.1, 0.15) is 6.10 Å². The first-order valence-corrected chi connectivity index (χ1v) is 8.11. The van der Waals surface area contributed by atoms with Gasteiger partial charge in [-0.05, 0) is 26.8 Å². The van der Waals surface area contributed by atoms with Crippen LogP contribution < -0.4 is 0 Å². The molecule has 1 saturated heterocycles. The first-order valence-electron chi connectivity index (χ1n) is 8.11. The lowest BCUT2D eigenvalue weighted by molar-refractivity contribution is -0.104. The van der Waals surface area contributed by atoms with Crippen LogP contribution in [0.5, 0.6) is 0 Å². The van der Waals surface area contributed by atoms with Gasteiger partial charge in [-0.1, -0.05) is 18.2 Å². The number of esters is 1. The summed E-state index contributed by atoms with van der Waals surface area (Å²) in [5, 5.41) is 0.923. The third-order valence-corrected chi connectivity index (χ3v) is 4.42. The molecule has 5 nitrogen and oxygen atoms in total. The Hall–Kier alpha value is -1.85. The summed E-state index contributed by atoms with van der Waals surface area (Å²) >= 11 is 0. The van der Waals surface area contributed by atoms with E-state index in [9.17, 15) is 4.79 Å². The first kappa shape index (κ1) is 16.0. The van der Waals surface area contributed by atoms with Gasteiger partial charge < -0.3 is 18.8 Å². The topological polar surface area (TPSA) is 49.7 Å². The number of carbonyl (C=O) groups is 1. The molecular weight excluding hydrogens is 294 g/mol. The zero-order chi connectivity index (χ0) is 16.4. The molecule has 2 aromatic rings. The summed E-state index contributed by atoms with van der Waals surface area (Å²) in [6.45, 7) is 8.08. The minimum Gasteiger partial charge on any atom is -0.462 e. The molecule has 1 aromatic carbocycles. The van der Waals surface area contributed by atoms with Crippen molar-refractivity contribution in [2.75, 3.05) is 26.4 Å². The van der Waals surface area contributed by atoms with E-state index in [0.29, 0.717) is 32.0 Å². The van der Waals surface area contributed by atoms with Crippen LogP contribution in [0.15, 0.2) is 24.3 Å². The zero-order valence-corrected chi connectivity index (χ0v) is 13.9. The van der Waals surface area contributed by atoms with Crippen LogP contribution in [0.25, 0.3) is 10.9 Å². The van der Waals surface area contributed by atoms with E-state index >= 15 is 0 Å². The number of benzene rings is 1. The lowest BCUT2D eigenvalue weighted by Gasteiger charge is -2.30. The number of nitrogens with zero attached hydrogens (tertiary/aromatic N) is 1. The van der Waals surface area contributed by atoms with Crippen molar-refractivity contribution in [1.82, 2.24) is 4.57 Å². The molecule has 2 heterocycles. The van der Waals surface area contributed by atoms with Crippen molar-refractivity contribution in [1.29, 1.82) is 0 Å². The van der Waals surface area contributed by atoms with Crippen LogP contribution in [0.2, 0.25) is 0 Å². The van der Waals surface area contributed by atoms with Crippen molar-refractivity contribution in [3.05, 3.63) is 35.5 Å². The van der Waals surface area contributed by atoms with Gasteiger partial charge in [0.25, 0.3) is 0 Å². The average molecular weight is 317 g/mol. The number of carbonyl (C=O) groups excluding carboxylic acids is 1. The Bertz CT molecular complexity index is 700. The highest BCUT2D eigenvalue weighted by molar-refractivity contribution is 6.06. The second-order valence-corrected chi connectivity index (χ2v) is 5.79. The number of para-hydroxylation sites is 1. The third kappa shape index (κ3) is 2.86. The van der Waals surface area contributed by atoms with Crippen LogP contribution >= 0.6 is 0 Å². The maximum Gasteiger partial charge on any atom is 0.340 e. The predicted octanol–water partition coefficient (Wildman–Crippen LogP) is 3.10. The van der Waals surface area contributed by atoms with E-state index < -0.39 is 0 Å². The molecule has 0 amide bonds. The molecule has 1 aliphatic heterocycles. The highest BCUT2D eigenvalue weighted by Crippen LogP contribution is 2.32. The molecule has 3 rings (SSSR count). The average Bonchev–Trinajstić information content (AvgIpc) is 2.87. The fraction of sp³-hybridized carbons (Fsp3) is 0.500. The van der Waals surface area contributed by atoms with Crippen LogP contribution in [0.1, 0.15) is 35.9 Å². The van der Waals surface area contributed by atoms with Crippen LogP contribution in [-0.2, 0) is 14.2 Å². The van der Waals surface area contributed by atoms with Crippen molar-refractivity contribution in [2.24, 2.45) is 0 Å². The third-order valence-electron chi connectivity index (χ3n) is 4.42. The fourth-order valence-electron chi connectivity index (χ4n) is 3.33. The second kappa shape index (κ2) is 6.72. The molecule has 1 aliphatic rings. The summed E-state index contributed by atoms with van der Waals surface area (Å²) in [4.78, 5) is 12.4. The Kier molecular flexibility index (Phi) is 4.68. The smallest absolute Gasteiger partial charge is 0.340 e. The van der Waals surface area contributed by atoms with Crippen molar-refractivity contribution in [2.45, 2.75) is 32.9 Å². The molecule has 0 spiro atoms. The summed E-state index contributed by atoms with van der Waals surface area (Å²) < 4.78 is 18.8. The van der Waals surface area contributed by atoms with E-state index in [4.69, 9.17) is 14.2 Å². The summed E-state index contributed by atoms with van der Waals surface area (Å²) in [5.41, 5.74) is 2.58. The van der Waals surface area contributed by atoms with E-state index in [1.54, 1.807) is 0 Å². The van der Waals surface area contributed by atoms with Crippen molar-refractivity contribution < 1.29 is 19.0 Å². The van der Waals surface area contributed by atoms with E-state index in [-0.39, 0.29) is 18.1 Å². The normalized spacial score (nSPS) is 19.7. The minimum absolute atomic E-state index is 0.0201. The highest BCUT2D eigenvalue weighted by atomic mass is 16.6. The van der Waals surface area contributed by atoms with Gasteiger partial charge in [-0.25, -0.2) is 4.79 Å². The molecule has 0 radical (unpaired) electrons. The molecule has 5 heteroatoms. The van der Waals surface area contributed by atoms with Gasteiger partial charge in [0.15, 0.2) is 0 Å². The van der Waals surface area contributed by atoms with Crippen molar-refractivity contribution in [3.63, 3.8) is 0 Å². The number of ether oxygens (including phenoxy) is 3. The van der Waals surface area contributed by atoms with Crippen LogP contribution in [0.3, 0.4) is 0 Å². The Morgan fingerprint density at radius 1 is 1.39 bits per heavy atom. The zero-order valence-electron chi connectivity index (χ0n) is 13.9. The Morgan fingerprint density at radius 3 is 2.87 bits per heavy atom. The summed E-state index contributed by atoms with van der Waals surface area (Å²) in [6, 6.07) is 8.00. The number of aromatic nitrogens is 1. The molecule has 0 saturated carbocycles. The maximum absolute atomic E-state index is 12.4. The molecule has 0 bridgehead atoms. The van der Waals surface area contributed by atoms with E-state index in [2.05, 4.69) is 11.5 Å². The van der Waals surface area contributed by atoms with Gasteiger partial charge in [-0.2, -0.15) is 0 Å². The summed E-state index contributed by atoms with van der Waals surface area (Å²) in [6.07, 6.45) is -0.0201.